The number of nitrogens with two attached hydrogens (primary N) is 1. The van der Waals surface area contributed by atoms with Crippen molar-refractivity contribution in [1.82, 2.24) is 9.97 Å². The first-order chi connectivity index (χ1) is 9.74. The Morgan fingerprint density at radius 3 is 2.35 bits per heavy atom. The van der Waals surface area contributed by atoms with E-state index in [4.69, 9.17) is 20.1 Å². The highest BCUT2D eigenvalue weighted by atomic mass is 16.5. The van der Waals surface area contributed by atoms with Crippen LogP contribution < -0.4 is 25.5 Å². The molecule has 0 unspecified atom stereocenters. The normalized spacial score (nSPS) is 10.0. The van der Waals surface area contributed by atoms with E-state index < -0.39 is 0 Å². The van der Waals surface area contributed by atoms with Crippen LogP contribution >= 0.6 is 0 Å². The first-order valence-electron chi connectivity index (χ1n) is 5.84. The zero-order chi connectivity index (χ0) is 14.5. The van der Waals surface area contributed by atoms with Crippen LogP contribution in [0, 0.1) is 0 Å². The number of benzene rings is 1. The number of anilines is 1. The van der Waals surface area contributed by atoms with Gasteiger partial charge in [-0.15, -0.1) is 0 Å². The molecule has 20 heavy (non-hydrogen) atoms. The predicted molar refractivity (Wildman–Crippen MR) is 74.9 cm³/mol. The molecule has 0 saturated carbocycles. The Balaban J connectivity index is 2.61. The fraction of sp³-hybridized carbons (Fsp3) is 0.231. The van der Waals surface area contributed by atoms with Gasteiger partial charge in [0.1, 0.15) is 5.82 Å². The van der Waals surface area contributed by atoms with E-state index in [0.29, 0.717) is 34.5 Å². The molecule has 0 fully saturated rings. The lowest BCUT2D eigenvalue weighted by Gasteiger charge is -2.15. The second-order valence-electron chi connectivity index (χ2n) is 3.79. The van der Waals surface area contributed by atoms with Crippen LogP contribution in [0.4, 0.5) is 5.82 Å². The van der Waals surface area contributed by atoms with Crippen LogP contribution in [0.15, 0.2) is 24.4 Å². The highest BCUT2D eigenvalue weighted by Gasteiger charge is 2.18. The van der Waals surface area contributed by atoms with E-state index in [1.807, 2.05) is 0 Å². The van der Waals surface area contributed by atoms with Crippen LogP contribution in [0.5, 0.6) is 17.2 Å². The molecule has 1 heterocycles. The summed E-state index contributed by atoms with van der Waals surface area (Å²) in [6.45, 7) is 0. The van der Waals surface area contributed by atoms with Gasteiger partial charge < -0.3 is 19.6 Å². The number of nitrogen functional groups attached to an aromatic ring is 1. The molecular formula is C13H16N4O3. The molecule has 0 bridgehead atoms. The lowest BCUT2D eigenvalue weighted by molar-refractivity contribution is 0.325. The average molecular weight is 276 g/mol. The zero-order valence-electron chi connectivity index (χ0n) is 11.5. The van der Waals surface area contributed by atoms with E-state index >= 15 is 0 Å². The number of methoxy groups -OCH3 is 3. The SMILES string of the molecule is COc1ccc(-c2nccc(NN)n2)c(OC)c1OC. The molecule has 106 valence electrons. The van der Waals surface area contributed by atoms with Crippen molar-refractivity contribution in [3.63, 3.8) is 0 Å². The Bertz CT molecular complexity index is 604. The molecule has 3 N–H and O–H groups in total. The zero-order valence-corrected chi connectivity index (χ0v) is 11.5. The lowest BCUT2D eigenvalue weighted by atomic mass is 10.1. The number of aromatic nitrogens is 2. The molecule has 0 aliphatic heterocycles. The van der Waals surface area contributed by atoms with Crippen molar-refractivity contribution in [2.75, 3.05) is 26.8 Å². The van der Waals surface area contributed by atoms with Crippen molar-refractivity contribution in [3.8, 4) is 28.6 Å². The minimum absolute atomic E-state index is 0.471. The molecule has 0 atom stereocenters. The fourth-order valence-corrected chi connectivity index (χ4v) is 1.85. The molecular weight excluding hydrogens is 260 g/mol. The molecule has 0 aliphatic rings. The maximum absolute atomic E-state index is 5.40. The highest BCUT2D eigenvalue weighted by Crippen LogP contribution is 2.43. The van der Waals surface area contributed by atoms with Gasteiger partial charge in [-0.1, -0.05) is 0 Å². The van der Waals surface area contributed by atoms with E-state index in [1.165, 1.54) is 0 Å². The van der Waals surface area contributed by atoms with Gasteiger partial charge in [0.2, 0.25) is 5.75 Å². The summed E-state index contributed by atoms with van der Waals surface area (Å²) in [4.78, 5) is 8.49. The summed E-state index contributed by atoms with van der Waals surface area (Å²) in [5, 5.41) is 0. The summed E-state index contributed by atoms with van der Waals surface area (Å²) in [7, 11) is 4.65. The molecule has 1 aromatic heterocycles. The average Bonchev–Trinajstić information content (AvgIpc) is 2.53. The number of hydrogen-bond donors (Lipinski definition) is 2. The van der Waals surface area contributed by atoms with Gasteiger partial charge in [0.05, 0.1) is 26.9 Å². The van der Waals surface area contributed by atoms with E-state index in [2.05, 4.69) is 15.4 Å². The number of hydrazine groups is 1. The van der Waals surface area contributed by atoms with E-state index in [1.54, 1.807) is 45.7 Å². The minimum atomic E-state index is 0.471. The number of nitrogens with zero attached hydrogens (tertiary/aromatic N) is 2. The molecule has 7 nitrogen and oxygen atoms in total. The summed E-state index contributed by atoms with van der Waals surface area (Å²) >= 11 is 0. The van der Waals surface area contributed by atoms with Crippen molar-refractivity contribution in [2.24, 2.45) is 5.84 Å². The van der Waals surface area contributed by atoms with Gasteiger partial charge in [0.25, 0.3) is 0 Å². The second-order valence-corrected chi connectivity index (χ2v) is 3.79. The largest absolute Gasteiger partial charge is 0.493 e. The van der Waals surface area contributed by atoms with Crippen LogP contribution in [0.1, 0.15) is 0 Å². The van der Waals surface area contributed by atoms with Crippen molar-refractivity contribution < 1.29 is 14.2 Å². The summed E-state index contributed by atoms with van der Waals surface area (Å²) in [6, 6.07) is 5.23. The molecule has 2 aromatic rings. The van der Waals surface area contributed by atoms with Crippen LogP contribution in [0.25, 0.3) is 11.4 Å². The van der Waals surface area contributed by atoms with Gasteiger partial charge in [-0.05, 0) is 12.1 Å². The second kappa shape index (κ2) is 6.07. The van der Waals surface area contributed by atoms with Crippen LogP contribution in [0.2, 0.25) is 0 Å². The Labute approximate surface area is 116 Å². The van der Waals surface area contributed by atoms with Gasteiger partial charge >= 0.3 is 0 Å². The summed E-state index contributed by atoms with van der Waals surface area (Å²) in [5.74, 6) is 7.89. The van der Waals surface area contributed by atoms with Crippen molar-refractivity contribution in [2.45, 2.75) is 0 Å². The molecule has 0 aliphatic carbocycles. The number of ether oxygens (including phenoxy) is 3. The first-order valence-corrected chi connectivity index (χ1v) is 5.84. The third-order valence-electron chi connectivity index (χ3n) is 2.75. The maximum atomic E-state index is 5.40. The monoisotopic (exact) mass is 276 g/mol. The van der Waals surface area contributed by atoms with Gasteiger partial charge in [-0.2, -0.15) is 0 Å². The third-order valence-corrected chi connectivity index (χ3v) is 2.75. The summed E-state index contributed by atoms with van der Waals surface area (Å²) in [6.07, 6.45) is 1.60. The number of nitrogens with one attached hydrogen (secondary N) is 1. The van der Waals surface area contributed by atoms with Gasteiger partial charge in [-0.3, -0.25) is 0 Å². The third kappa shape index (κ3) is 2.43. The topological polar surface area (TPSA) is 91.5 Å². The molecule has 0 radical (unpaired) electrons. The molecule has 0 amide bonds. The van der Waals surface area contributed by atoms with Crippen LogP contribution in [0.3, 0.4) is 0 Å². The Morgan fingerprint density at radius 1 is 1.00 bits per heavy atom. The lowest BCUT2D eigenvalue weighted by Crippen LogP contribution is -2.09. The van der Waals surface area contributed by atoms with Gasteiger partial charge in [0.15, 0.2) is 17.3 Å². The van der Waals surface area contributed by atoms with Crippen LogP contribution in [-0.4, -0.2) is 31.3 Å². The van der Waals surface area contributed by atoms with Gasteiger partial charge in [0, 0.05) is 12.3 Å². The smallest absolute Gasteiger partial charge is 0.204 e. The van der Waals surface area contributed by atoms with E-state index in [-0.39, 0.29) is 0 Å². The summed E-state index contributed by atoms with van der Waals surface area (Å²) < 4.78 is 16.0. The molecule has 0 saturated heterocycles. The van der Waals surface area contributed by atoms with E-state index in [0.717, 1.165) is 0 Å². The number of rotatable bonds is 5. The Morgan fingerprint density at radius 2 is 1.75 bits per heavy atom. The van der Waals surface area contributed by atoms with Crippen molar-refractivity contribution in [1.29, 1.82) is 0 Å². The predicted octanol–water partition coefficient (Wildman–Crippen LogP) is 1.45. The van der Waals surface area contributed by atoms with Crippen molar-refractivity contribution >= 4 is 5.82 Å². The Hall–Kier alpha value is -2.54. The standard InChI is InChI=1S/C13H16N4O3/c1-18-9-5-4-8(11(19-2)12(9)20-3)13-15-7-6-10(16-13)17-14/h4-7H,14H2,1-3H3,(H,15,16,17). The highest BCUT2D eigenvalue weighted by molar-refractivity contribution is 5.72. The molecule has 7 heteroatoms. The van der Waals surface area contributed by atoms with Crippen LogP contribution in [-0.2, 0) is 0 Å². The quantitative estimate of drug-likeness (QED) is 0.631. The molecule has 2 rings (SSSR count). The summed E-state index contributed by atoms with van der Waals surface area (Å²) in [5.41, 5.74) is 3.16. The molecule has 1 aromatic carbocycles. The Kier molecular flexibility index (Phi) is 4.21. The fourth-order valence-electron chi connectivity index (χ4n) is 1.85. The van der Waals surface area contributed by atoms with Gasteiger partial charge in [-0.25, -0.2) is 15.8 Å². The first kappa shape index (κ1) is 13.9. The molecule has 0 spiro atoms. The number of hydrogen-bond acceptors (Lipinski definition) is 7. The minimum Gasteiger partial charge on any atom is -0.493 e. The maximum Gasteiger partial charge on any atom is 0.204 e. The van der Waals surface area contributed by atoms with E-state index in [9.17, 15) is 0 Å². The van der Waals surface area contributed by atoms with Crippen molar-refractivity contribution in [3.05, 3.63) is 24.4 Å².